The van der Waals surface area contributed by atoms with E-state index < -0.39 is 5.91 Å². The Morgan fingerprint density at radius 1 is 0.906 bits per heavy atom. The van der Waals surface area contributed by atoms with Crippen LogP contribution in [0.25, 0.3) is 0 Å². The van der Waals surface area contributed by atoms with Gasteiger partial charge in [-0.1, -0.05) is 48.5 Å². The molecule has 0 atom stereocenters. The first kappa shape index (κ1) is 21.3. The first-order valence-corrected chi connectivity index (χ1v) is 10.6. The van der Waals surface area contributed by atoms with Gasteiger partial charge in [0.2, 0.25) is 0 Å². The molecular weight excluding hydrogens is 404 g/mol. The minimum Gasteiger partial charge on any atom is -0.368 e. The van der Waals surface area contributed by atoms with Crippen molar-refractivity contribution in [2.24, 2.45) is 5.10 Å². The Hall–Kier alpha value is -3.94. The standard InChI is InChI=1S/C24H26N6O2/c1-19(20-8-4-2-5-9-20)25-26-23(31)18-30-24(32)13-12-22(27-30)29-16-14-28(15-17-29)21-10-6-3-7-11-21/h2-13H,14-18H2,1H3,(H,26,31)/b25-19+. The van der Waals surface area contributed by atoms with E-state index in [1.807, 2.05) is 55.5 Å². The number of para-hydroxylation sites is 1. The highest BCUT2D eigenvalue weighted by atomic mass is 16.2. The van der Waals surface area contributed by atoms with Crippen molar-refractivity contribution >= 4 is 23.1 Å². The van der Waals surface area contributed by atoms with Crippen LogP contribution in [0.5, 0.6) is 0 Å². The van der Waals surface area contributed by atoms with Crippen molar-refractivity contribution in [1.82, 2.24) is 15.2 Å². The van der Waals surface area contributed by atoms with Crippen molar-refractivity contribution in [2.75, 3.05) is 36.0 Å². The molecule has 1 aromatic heterocycles. The maximum atomic E-state index is 12.3. The number of hydrazone groups is 1. The van der Waals surface area contributed by atoms with Gasteiger partial charge in [0.25, 0.3) is 11.5 Å². The van der Waals surface area contributed by atoms with E-state index in [4.69, 9.17) is 0 Å². The number of rotatable bonds is 6. The van der Waals surface area contributed by atoms with Gasteiger partial charge in [0.05, 0.1) is 5.71 Å². The van der Waals surface area contributed by atoms with Crippen LogP contribution in [0.15, 0.2) is 82.7 Å². The molecule has 1 fully saturated rings. The minimum atomic E-state index is -0.402. The Balaban J connectivity index is 1.38. The lowest BCUT2D eigenvalue weighted by atomic mass is 10.1. The van der Waals surface area contributed by atoms with E-state index in [2.05, 4.69) is 37.6 Å². The Morgan fingerprint density at radius 3 is 2.22 bits per heavy atom. The highest BCUT2D eigenvalue weighted by Crippen LogP contribution is 2.18. The van der Waals surface area contributed by atoms with E-state index in [0.29, 0.717) is 11.5 Å². The van der Waals surface area contributed by atoms with Crippen molar-refractivity contribution in [3.8, 4) is 0 Å². The van der Waals surface area contributed by atoms with Gasteiger partial charge in [-0.2, -0.15) is 10.2 Å². The van der Waals surface area contributed by atoms with E-state index in [9.17, 15) is 9.59 Å². The van der Waals surface area contributed by atoms with E-state index in [-0.39, 0.29) is 12.1 Å². The molecular formula is C24H26N6O2. The van der Waals surface area contributed by atoms with E-state index in [1.54, 1.807) is 6.07 Å². The Morgan fingerprint density at radius 2 is 1.53 bits per heavy atom. The third kappa shape index (κ3) is 5.21. The number of carbonyl (C=O) groups is 1. The quantitative estimate of drug-likeness (QED) is 0.478. The molecule has 1 aliphatic heterocycles. The van der Waals surface area contributed by atoms with Gasteiger partial charge >= 0.3 is 0 Å². The second-order valence-corrected chi connectivity index (χ2v) is 7.60. The molecule has 1 saturated heterocycles. The third-order valence-electron chi connectivity index (χ3n) is 5.41. The molecule has 0 aliphatic carbocycles. The van der Waals surface area contributed by atoms with Crippen LogP contribution in [0.3, 0.4) is 0 Å². The van der Waals surface area contributed by atoms with E-state index >= 15 is 0 Å². The van der Waals surface area contributed by atoms with Crippen molar-refractivity contribution in [3.63, 3.8) is 0 Å². The summed E-state index contributed by atoms with van der Waals surface area (Å²) in [5, 5.41) is 8.55. The highest BCUT2D eigenvalue weighted by molar-refractivity contribution is 5.99. The first-order chi connectivity index (χ1) is 15.6. The van der Waals surface area contributed by atoms with Gasteiger partial charge in [-0.3, -0.25) is 9.59 Å². The summed E-state index contributed by atoms with van der Waals surface area (Å²) in [7, 11) is 0. The second-order valence-electron chi connectivity index (χ2n) is 7.60. The maximum absolute atomic E-state index is 12.3. The molecule has 8 heteroatoms. The Kier molecular flexibility index (Phi) is 6.60. The molecule has 1 N–H and O–H groups in total. The number of aromatic nitrogens is 2. The van der Waals surface area contributed by atoms with Crippen molar-refractivity contribution in [1.29, 1.82) is 0 Å². The fraction of sp³-hybridized carbons (Fsp3) is 0.250. The average Bonchev–Trinajstić information content (AvgIpc) is 2.85. The normalized spacial score (nSPS) is 14.3. The number of hydrogen-bond donors (Lipinski definition) is 1. The summed E-state index contributed by atoms with van der Waals surface area (Å²) in [6.45, 7) is 4.91. The smallest absolute Gasteiger partial charge is 0.267 e. The van der Waals surface area contributed by atoms with Crippen LogP contribution >= 0.6 is 0 Å². The van der Waals surface area contributed by atoms with E-state index in [1.165, 1.54) is 16.4 Å². The number of benzene rings is 2. The molecule has 1 aliphatic rings. The molecule has 0 spiro atoms. The zero-order chi connectivity index (χ0) is 22.3. The Labute approximate surface area is 186 Å². The zero-order valence-corrected chi connectivity index (χ0v) is 18.0. The van der Waals surface area contributed by atoms with Crippen LogP contribution < -0.4 is 20.8 Å². The lowest BCUT2D eigenvalue weighted by Gasteiger charge is -2.36. The van der Waals surface area contributed by atoms with Crippen LogP contribution in [0.2, 0.25) is 0 Å². The van der Waals surface area contributed by atoms with Gasteiger partial charge in [-0.05, 0) is 30.7 Å². The molecule has 0 radical (unpaired) electrons. The molecule has 2 aromatic carbocycles. The summed E-state index contributed by atoms with van der Waals surface area (Å²) in [5.74, 6) is 0.287. The number of carbonyl (C=O) groups excluding carboxylic acids is 1. The molecule has 164 valence electrons. The predicted molar refractivity (Wildman–Crippen MR) is 126 cm³/mol. The van der Waals surface area contributed by atoms with Gasteiger partial charge in [-0.25, -0.2) is 10.1 Å². The van der Waals surface area contributed by atoms with Crippen LogP contribution in [0.1, 0.15) is 12.5 Å². The third-order valence-corrected chi connectivity index (χ3v) is 5.41. The summed E-state index contributed by atoms with van der Waals surface area (Å²) in [6.07, 6.45) is 0. The molecule has 0 saturated carbocycles. The van der Waals surface area contributed by atoms with Gasteiger partial charge in [0.15, 0.2) is 0 Å². The minimum absolute atomic E-state index is 0.192. The topological polar surface area (TPSA) is 82.8 Å². The summed E-state index contributed by atoms with van der Waals surface area (Å²) in [6, 6.07) is 23.0. The molecule has 32 heavy (non-hydrogen) atoms. The largest absolute Gasteiger partial charge is 0.368 e. The average molecular weight is 431 g/mol. The fourth-order valence-corrected chi connectivity index (χ4v) is 3.61. The van der Waals surface area contributed by atoms with Crippen molar-refractivity contribution < 1.29 is 4.79 Å². The SMILES string of the molecule is C/C(=N\NC(=O)Cn1nc(N2CCN(c3ccccc3)CC2)ccc1=O)c1ccccc1. The molecule has 0 unspecified atom stereocenters. The van der Waals surface area contributed by atoms with Crippen LogP contribution in [0, 0.1) is 0 Å². The molecule has 8 nitrogen and oxygen atoms in total. The second kappa shape index (κ2) is 9.91. The summed E-state index contributed by atoms with van der Waals surface area (Å²) < 4.78 is 1.18. The number of anilines is 2. The monoisotopic (exact) mass is 430 g/mol. The molecule has 4 rings (SSSR count). The lowest BCUT2D eigenvalue weighted by Crippen LogP contribution is -2.47. The van der Waals surface area contributed by atoms with Crippen molar-refractivity contribution in [2.45, 2.75) is 13.5 Å². The molecule has 2 heterocycles. The lowest BCUT2D eigenvalue weighted by molar-refractivity contribution is -0.121. The first-order valence-electron chi connectivity index (χ1n) is 10.6. The van der Waals surface area contributed by atoms with Crippen LogP contribution in [-0.4, -0.2) is 47.6 Å². The highest BCUT2D eigenvalue weighted by Gasteiger charge is 2.19. The fourth-order valence-electron chi connectivity index (χ4n) is 3.61. The maximum Gasteiger partial charge on any atom is 0.267 e. The van der Waals surface area contributed by atoms with E-state index in [0.717, 1.165) is 31.7 Å². The van der Waals surface area contributed by atoms with Crippen LogP contribution in [0.4, 0.5) is 11.5 Å². The van der Waals surface area contributed by atoms with Gasteiger partial charge < -0.3 is 9.80 Å². The number of nitrogens with one attached hydrogen (secondary N) is 1. The molecule has 1 amide bonds. The van der Waals surface area contributed by atoms with Gasteiger partial charge in [0.1, 0.15) is 12.4 Å². The molecule has 3 aromatic rings. The van der Waals surface area contributed by atoms with Crippen molar-refractivity contribution in [3.05, 3.63) is 88.7 Å². The Bertz CT molecular complexity index is 1140. The van der Waals surface area contributed by atoms with Gasteiger partial charge in [-0.15, -0.1) is 0 Å². The summed E-state index contributed by atoms with van der Waals surface area (Å²) in [4.78, 5) is 29.1. The van der Waals surface area contributed by atoms with Gasteiger partial charge in [0, 0.05) is 37.9 Å². The molecule has 0 bridgehead atoms. The number of amides is 1. The zero-order valence-electron chi connectivity index (χ0n) is 18.0. The summed E-state index contributed by atoms with van der Waals surface area (Å²) in [5.41, 5.74) is 4.99. The van der Waals surface area contributed by atoms with Crippen LogP contribution in [-0.2, 0) is 11.3 Å². The number of piperazine rings is 1. The summed E-state index contributed by atoms with van der Waals surface area (Å²) >= 11 is 0. The number of nitrogens with zero attached hydrogens (tertiary/aromatic N) is 5. The predicted octanol–water partition coefficient (Wildman–Crippen LogP) is 2.11. The number of hydrogen-bond acceptors (Lipinski definition) is 6.